The fraction of sp³-hybridized carbons (Fsp3) is 0.375. The van der Waals surface area contributed by atoms with Crippen LogP contribution in [0.5, 0.6) is 0 Å². The second-order valence-electron chi connectivity index (χ2n) is 5.29. The summed E-state index contributed by atoms with van der Waals surface area (Å²) in [4.78, 5) is 17.9. The van der Waals surface area contributed by atoms with Crippen molar-refractivity contribution in [2.45, 2.75) is 26.3 Å². The molecule has 1 aromatic carbocycles. The van der Waals surface area contributed by atoms with Gasteiger partial charge in [-0.05, 0) is 43.5 Å². The number of carbonyl (C=O) groups is 1. The fourth-order valence-corrected chi connectivity index (χ4v) is 2.78. The number of fused-ring (bicyclic) bond motifs is 1. The van der Waals surface area contributed by atoms with Crippen molar-refractivity contribution in [1.29, 1.82) is 0 Å². The molecule has 0 radical (unpaired) electrons. The lowest BCUT2D eigenvalue weighted by Gasteiger charge is -2.19. The average Bonchev–Trinajstić information content (AvgIpc) is 3.08. The van der Waals surface area contributed by atoms with Crippen molar-refractivity contribution in [2.24, 2.45) is 0 Å². The molecule has 0 N–H and O–H groups in total. The molecule has 1 aliphatic rings. The van der Waals surface area contributed by atoms with E-state index in [1.54, 1.807) is 6.92 Å². The molecule has 0 saturated heterocycles. The molecule has 4 nitrogen and oxygen atoms in total. The van der Waals surface area contributed by atoms with Crippen LogP contribution in [-0.2, 0) is 13.0 Å². The molecule has 20 heavy (non-hydrogen) atoms. The van der Waals surface area contributed by atoms with Gasteiger partial charge in [-0.25, -0.2) is 4.98 Å². The molecule has 0 amide bonds. The number of hydrogen-bond donors (Lipinski definition) is 0. The van der Waals surface area contributed by atoms with Crippen LogP contribution in [0.1, 0.15) is 29.3 Å². The summed E-state index contributed by atoms with van der Waals surface area (Å²) < 4.78 is 2.11. The van der Waals surface area contributed by atoms with Gasteiger partial charge in [0.1, 0.15) is 0 Å². The number of Topliss-reactive ketones (excluding diaryl/α,β-unsaturated/α-hetero) is 1. The number of aryl methyl sites for hydroxylation is 1. The summed E-state index contributed by atoms with van der Waals surface area (Å²) in [5.41, 5.74) is 3.42. The Kier molecular flexibility index (Phi) is 3.54. The van der Waals surface area contributed by atoms with Gasteiger partial charge in [0.25, 0.3) is 0 Å². The van der Waals surface area contributed by atoms with E-state index in [9.17, 15) is 4.79 Å². The van der Waals surface area contributed by atoms with Crippen LogP contribution in [0.15, 0.2) is 36.9 Å². The standard InChI is InChI=1S/C16H19N3O/c1-13(20)14-3-4-16-15(11-14)5-9-19(16)8-2-7-18-10-6-17-12-18/h3-4,6,10-12H,2,5,7-9H2,1H3. The topological polar surface area (TPSA) is 38.1 Å². The molecular weight excluding hydrogens is 250 g/mol. The molecule has 3 rings (SSSR count). The Morgan fingerprint density at radius 2 is 2.25 bits per heavy atom. The van der Waals surface area contributed by atoms with E-state index in [1.165, 1.54) is 11.3 Å². The summed E-state index contributed by atoms with van der Waals surface area (Å²) in [5.74, 6) is 0.145. The van der Waals surface area contributed by atoms with Crippen molar-refractivity contribution < 1.29 is 4.79 Å². The number of ketones is 1. The Balaban J connectivity index is 1.62. The first kappa shape index (κ1) is 12.9. The summed E-state index contributed by atoms with van der Waals surface area (Å²) in [6.45, 7) is 4.72. The summed E-state index contributed by atoms with van der Waals surface area (Å²) in [5, 5.41) is 0. The maximum Gasteiger partial charge on any atom is 0.159 e. The van der Waals surface area contributed by atoms with Crippen LogP contribution in [0.3, 0.4) is 0 Å². The van der Waals surface area contributed by atoms with Gasteiger partial charge in [0.15, 0.2) is 5.78 Å². The van der Waals surface area contributed by atoms with Crippen molar-refractivity contribution in [3.63, 3.8) is 0 Å². The van der Waals surface area contributed by atoms with Crippen molar-refractivity contribution in [1.82, 2.24) is 9.55 Å². The van der Waals surface area contributed by atoms with Gasteiger partial charge in [-0.2, -0.15) is 0 Å². The number of benzene rings is 1. The van der Waals surface area contributed by atoms with E-state index in [2.05, 4.69) is 20.5 Å². The van der Waals surface area contributed by atoms with Crippen molar-refractivity contribution in [3.05, 3.63) is 48.0 Å². The fourth-order valence-electron chi connectivity index (χ4n) is 2.78. The van der Waals surface area contributed by atoms with Gasteiger partial charge in [-0.15, -0.1) is 0 Å². The van der Waals surface area contributed by atoms with Gasteiger partial charge in [-0.3, -0.25) is 4.79 Å². The number of aromatic nitrogens is 2. The number of anilines is 1. The van der Waals surface area contributed by atoms with E-state index in [-0.39, 0.29) is 5.78 Å². The Hall–Kier alpha value is -2.10. The SMILES string of the molecule is CC(=O)c1ccc2c(c1)CCN2CCCn1ccnc1. The molecule has 104 valence electrons. The van der Waals surface area contributed by atoms with E-state index in [4.69, 9.17) is 0 Å². The maximum absolute atomic E-state index is 11.4. The molecule has 0 unspecified atom stereocenters. The highest BCUT2D eigenvalue weighted by Crippen LogP contribution is 2.29. The zero-order valence-corrected chi connectivity index (χ0v) is 11.7. The van der Waals surface area contributed by atoms with Crippen LogP contribution in [-0.4, -0.2) is 28.4 Å². The zero-order valence-electron chi connectivity index (χ0n) is 11.7. The van der Waals surface area contributed by atoms with Crippen LogP contribution in [0.4, 0.5) is 5.69 Å². The predicted octanol–water partition coefficient (Wildman–Crippen LogP) is 2.54. The van der Waals surface area contributed by atoms with Gasteiger partial charge in [0.2, 0.25) is 0 Å². The third-order valence-corrected chi connectivity index (χ3v) is 3.88. The van der Waals surface area contributed by atoms with E-state index < -0.39 is 0 Å². The monoisotopic (exact) mass is 269 g/mol. The molecule has 0 atom stereocenters. The molecule has 0 aliphatic carbocycles. The van der Waals surface area contributed by atoms with Crippen molar-refractivity contribution in [2.75, 3.05) is 18.0 Å². The number of rotatable bonds is 5. The lowest BCUT2D eigenvalue weighted by molar-refractivity contribution is 0.101. The van der Waals surface area contributed by atoms with Crippen molar-refractivity contribution >= 4 is 11.5 Å². The van der Waals surface area contributed by atoms with E-state index in [0.29, 0.717) is 0 Å². The largest absolute Gasteiger partial charge is 0.371 e. The molecule has 1 aliphatic heterocycles. The van der Waals surface area contributed by atoms with Crippen LogP contribution in [0.25, 0.3) is 0 Å². The zero-order chi connectivity index (χ0) is 13.9. The highest BCUT2D eigenvalue weighted by atomic mass is 16.1. The molecular formula is C16H19N3O. The van der Waals surface area contributed by atoms with Crippen LogP contribution in [0, 0.1) is 0 Å². The first-order chi connectivity index (χ1) is 9.74. The van der Waals surface area contributed by atoms with Gasteiger partial charge in [0.05, 0.1) is 6.33 Å². The van der Waals surface area contributed by atoms with Crippen molar-refractivity contribution in [3.8, 4) is 0 Å². The summed E-state index contributed by atoms with van der Waals surface area (Å²) in [6, 6.07) is 6.08. The molecule has 0 spiro atoms. The van der Waals surface area contributed by atoms with Crippen LogP contribution >= 0.6 is 0 Å². The number of nitrogens with zero attached hydrogens (tertiary/aromatic N) is 3. The quantitative estimate of drug-likeness (QED) is 0.783. The lowest BCUT2D eigenvalue weighted by atomic mass is 10.1. The van der Waals surface area contributed by atoms with E-state index >= 15 is 0 Å². The first-order valence-electron chi connectivity index (χ1n) is 7.08. The van der Waals surface area contributed by atoms with E-state index in [1.807, 2.05) is 30.9 Å². The minimum Gasteiger partial charge on any atom is -0.371 e. The molecule has 0 bridgehead atoms. The molecule has 4 heteroatoms. The summed E-state index contributed by atoms with van der Waals surface area (Å²) >= 11 is 0. The summed E-state index contributed by atoms with van der Waals surface area (Å²) in [7, 11) is 0. The van der Waals surface area contributed by atoms with Gasteiger partial charge < -0.3 is 9.47 Å². The van der Waals surface area contributed by atoms with Gasteiger partial charge >= 0.3 is 0 Å². The number of carbonyl (C=O) groups excluding carboxylic acids is 1. The van der Waals surface area contributed by atoms with Gasteiger partial charge in [0, 0.05) is 43.3 Å². The Bertz CT molecular complexity index is 604. The minimum absolute atomic E-state index is 0.145. The minimum atomic E-state index is 0.145. The van der Waals surface area contributed by atoms with Crippen LogP contribution < -0.4 is 4.90 Å². The lowest BCUT2D eigenvalue weighted by Crippen LogP contribution is -2.22. The Labute approximate surface area is 119 Å². The first-order valence-corrected chi connectivity index (χ1v) is 7.08. The molecule has 2 aromatic rings. The molecule has 0 fully saturated rings. The maximum atomic E-state index is 11.4. The highest BCUT2D eigenvalue weighted by Gasteiger charge is 2.19. The predicted molar refractivity (Wildman–Crippen MR) is 79.2 cm³/mol. The van der Waals surface area contributed by atoms with E-state index in [0.717, 1.165) is 38.0 Å². The number of imidazole rings is 1. The highest BCUT2D eigenvalue weighted by molar-refractivity contribution is 5.94. The van der Waals surface area contributed by atoms with Gasteiger partial charge in [-0.1, -0.05) is 0 Å². The van der Waals surface area contributed by atoms with Crippen LogP contribution in [0.2, 0.25) is 0 Å². The second kappa shape index (κ2) is 5.49. The molecule has 0 saturated carbocycles. The summed E-state index contributed by atoms with van der Waals surface area (Å²) in [6.07, 6.45) is 7.81. The molecule has 1 aromatic heterocycles. The Morgan fingerprint density at radius 1 is 1.35 bits per heavy atom. The smallest absolute Gasteiger partial charge is 0.159 e. The third-order valence-electron chi connectivity index (χ3n) is 3.88. The molecule has 2 heterocycles. The average molecular weight is 269 g/mol. The third kappa shape index (κ3) is 2.59. The number of hydrogen-bond acceptors (Lipinski definition) is 3. The Morgan fingerprint density at radius 3 is 3.00 bits per heavy atom. The normalized spacial score (nSPS) is 13.6. The second-order valence-corrected chi connectivity index (χ2v) is 5.29.